The molecule has 1 aromatic carbocycles. The molecule has 2 rings (SSSR count). The zero-order valence-electron chi connectivity index (χ0n) is 9.69. The minimum absolute atomic E-state index is 0.294. The Morgan fingerprint density at radius 2 is 2.00 bits per heavy atom. The highest BCUT2D eigenvalue weighted by Crippen LogP contribution is 2.15. The van der Waals surface area contributed by atoms with Gasteiger partial charge in [0.05, 0.1) is 5.69 Å². The van der Waals surface area contributed by atoms with Crippen LogP contribution in [0.5, 0.6) is 5.75 Å². The van der Waals surface area contributed by atoms with Crippen LogP contribution in [-0.2, 0) is 20.2 Å². The van der Waals surface area contributed by atoms with E-state index >= 15 is 0 Å². The van der Waals surface area contributed by atoms with Crippen molar-refractivity contribution in [1.82, 2.24) is 4.57 Å². The van der Waals surface area contributed by atoms with Gasteiger partial charge < -0.3 is 15.0 Å². The molecule has 0 spiro atoms. The number of ether oxygens (including phenoxy) is 1. The van der Waals surface area contributed by atoms with Gasteiger partial charge in [0.25, 0.3) is 0 Å². The second-order valence-electron chi connectivity index (χ2n) is 3.83. The predicted molar refractivity (Wildman–Crippen MR) is 64.0 cm³/mol. The van der Waals surface area contributed by atoms with Crippen molar-refractivity contribution in [1.29, 1.82) is 0 Å². The molecule has 0 saturated heterocycles. The van der Waals surface area contributed by atoms with E-state index in [-0.39, 0.29) is 5.82 Å². The van der Waals surface area contributed by atoms with Crippen LogP contribution in [0.1, 0.15) is 11.4 Å². The molecule has 0 bridgehead atoms. The third-order valence-electron chi connectivity index (χ3n) is 2.72. The number of hydrogen-bond acceptors (Lipinski definition) is 2. The van der Waals surface area contributed by atoms with Crippen LogP contribution in [0, 0.1) is 5.82 Å². The molecule has 3 nitrogen and oxygen atoms in total. The molecular formula is C13H15FN2O. The van der Waals surface area contributed by atoms with Crippen LogP contribution >= 0.6 is 0 Å². The van der Waals surface area contributed by atoms with Gasteiger partial charge in [-0.15, -0.1) is 0 Å². The Bertz CT molecular complexity index is 508. The van der Waals surface area contributed by atoms with E-state index < -0.39 is 0 Å². The zero-order valence-corrected chi connectivity index (χ0v) is 9.69. The van der Waals surface area contributed by atoms with Crippen molar-refractivity contribution in [2.45, 2.75) is 13.2 Å². The standard InChI is InChI=1S/C13H15FN2O/c1-16-11(8-15)5-6-12(16)9-17-13-4-2-3-10(14)7-13/h2-7H,8-9,15H2,1H3. The van der Waals surface area contributed by atoms with E-state index in [0.29, 0.717) is 18.9 Å². The SMILES string of the molecule is Cn1c(CN)ccc1COc1cccc(F)c1. The van der Waals surface area contributed by atoms with Crippen molar-refractivity contribution in [2.75, 3.05) is 0 Å². The average Bonchev–Trinajstić information content (AvgIpc) is 2.67. The number of hydrogen-bond donors (Lipinski definition) is 1. The maximum Gasteiger partial charge on any atom is 0.128 e. The lowest BCUT2D eigenvalue weighted by Crippen LogP contribution is -2.07. The van der Waals surface area contributed by atoms with E-state index in [9.17, 15) is 4.39 Å². The zero-order chi connectivity index (χ0) is 12.3. The van der Waals surface area contributed by atoms with E-state index in [1.165, 1.54) is 12.1 Å². The minimum atomic E-state index is -0.294. The Hall–Kier alpha value is -1.81. The van der Waals surface area contributed by atoms with Crippen molar-refractivity contribution in [2.24, 2.45) is 12.8 Å². The fourth-order valence-electron chi connectivity index (χ4n) is 1.66. The van der Waals surface area contributed by atoms with Crippen LogP contribution in [0.2, 0.25) is 0 Å². The maximum absolute atomic E-state index is 12.9. The normalized spacial score (nSPS) is 10.5. The molecule has 0 radical (unpaired) electrons. The molecule has 0 saturated carbocycles. The molecule has 0 atom stereocenters. The smallest absolute Gasteiger partial charge is 0.128 e. The number of nitrogens with two attached hydrogens (primary N) is 1. The first-order valence-electron chi connectivity index (χ1n) is 5.42. The van der Waals surface area contributed by atoms with E-state index in [0.717, 1.165) is 11.4 Å². The van der Waals surface area contributed by atoms with Gasteiger partial charge >= 0.3 is 0 Å². The van der Waals surface area contributed by atoms with Gasteiger partial charge in [0, 0.05) is 25.4 Å². The molecule has 0 aliphatic rings. The minimum Gasteiger partial charge on any atom is -0.487 e. The highest BCUT2D eigenvalue weighted by atomic mass is 19.1. The molecule has 0 aliphatic carbocycles. The summed E-state index contributed by atoms with van der Waals surface area (Å²) in [6.07, 6.45) is 0. The Morgan fingerprint density at radius 3 is 2.65 bits per heavy atom. The number of rotatable bonds is 4. The van der Waals surface area contributed by atoms with Gasteiger partial charge in [-0.3, -0.25) is 0 Å². The Labute approximate surface area is 99.6 Å². The third kappa shape index (κ3) is 2.65. The topological polar surface area (TPSA) is 40.2 Å². The van der Waals surface area contributed by atoms with Gasteiger partial charge in [0.2, 0.25) is 0 Å². The second-order valence-corrected chi connectivity index (χ2v) is 3.83. The predicted octanol–water partition coefficient (Wildman–Crippen LogP) is 2.20. The molecule has 90 valence electrons. The molecule has 4 heteroatoms. The first-order chi connectivity index (χ1) is 8.20. The summed E-state index contributed by atoms with van der Waals surface area (Å²) in [6, 6.07) is 10.0. The molecule has 1 heterocycles. The highest BCUT2D eigenvalue weighted by Gasteiger charge is 2.04. The monoisotopic (exact) mass is 234 g/mol. The molecule has 17 heavy (non-hydrogen) atoms. The number of benzene rings is 1. The second kappa shape index (κ2) is 5.01. The van der Waals surface area contributed by atoms with E-state index in [1.54, 1.807) is 12.1 Å². The average molecular weight is 234 g/mol. The van der Waals surface area contributed by atoms with Crippen molar-refractivity contribution in [3.8, 4) is 5.75 Å². The van der Waals surface area contributed by atoms with Crippen LogP contribution in [-0.4, -0.2) is 4.57 Å². The van der Waals surface area contributed by atoms with Crippen LogP contribution in [0.4, 0.5) is 4.39 Å². The number of nitrogens with zero attached hydrogens (tertiary/aromatic N) is 1. The molecule has 2 aromatic rings. The van der Waals surface area contributed by atoms with Crippen LogP contribution in [0.3, 0.4) is 0 Å². The Morgan fingerprint density at radius 1 is 1.24 bits per heavy atom. The van der Waals surface area contributed by atoms with Crippen molar-refractivity contribution in [3.63, 3.8) is 0 Å². The lowest BCUT2D eigenvalue weighted by Gasteiger charge is -2.08. The summed E-state index contributed by atoms with van der Waals surface area (Å²) in [7, 11) is 1.94. The maximum atomic E-state index is 12.9. The summed E-state index contributed by atoms with van der Waals surface area (Å²) in [5, 5.41) is 0. The molecule has 2 N–H and O–H groups in total. The van der Waals surface area contributed by atoms with Crippen LogP contribution in [0.25, 0.3) is 0 Å². The summed E-state index contributed by atoms with van der Waals surface area (Å²) in [6.45, 7) is 0.899. The van der Waals surface area contributed by atoms with Gasteiger partial charge in [-0.2, -0.15) is 0 Å². The molecule has 0 unspecified atom stereocenters. The van der Waals surface area contributed by atoms with Gasteiger partial charge in [-0.25, -0.2) is 4.39 Å². The van der Waals surface area contributed by atoms with E-state index in [1.807, 2.05) is 23.7 Å². The number of aromatic nitrogens is 1. The summed E-state index contributed by atoms with van der Waals surface area (Å²) in [4.78, 5) is 0. The van der Waals surface area contributed by atoms with Crippen LogP contribution < -0.4 is 10.5 Å². The first kappa shape index (κ1) is 11.7. The van der Waals surface area contributed by atoms with Gasteiger partial charge in [-0.05, 0) is 24.3 Å². The molecule has 0 amide bonds. The van der Waals surface area contributed by atoms with E-state index in [2.05, 4.69) is 0 Å². The van der Waals surface area contributed by atoms with Crippen molar-refractivity contribution in [3.05, 3.63) is 53.6 Å². The fourth-order valence-corrected chi connectivity index (χ4v) is 1.66. The first-order valence-corrected chi connectivity index (χ1v) is 5.42. The van der Waals surface area contributed by atoms with Crippen molar-refractivity contribution >= 4 is 0 Å². The van der Waals surface area contributed by atoms with Gasteiger partial charge in [0.15, 0.2) is 0 Å². The van der Waals surface area contributed by atoms with Crippen molar-refractivity contribution < 1.29 is 9.13 Å². The summed E-state index contributed by atoms with van der Waals surface area (Å²) in [5.74, 6) is 0.234. The summed E-state index contributed by atoms with van der Waals surface area (Å²) >= 11 is 0. The Balaban J connectivity index is 2.05. The van der Waals surface area contributed by atoms with E-state index in [4.69, 9.17) is 10.5 Å². The summed E-state index contributed by atoms with van der Waals surface area (Å²) < 4.78 is 20.4. The highest BCUT2D eigenvalue weighted by molar-refractivity contribution is 5.23. The molecule has 0 fully saturated rings. The third-order valence-corrected chi connectivity index (χ3v) is 2.72. The quantitative estimate of drug-likeness (QED) is 0.881. The molecule has 0 aliphatic heterocycles. The van der Waals surface area contributed by atoms with Gasteiger partial charge in [0.1, 0.15) is 18.2 Å². The fraction of sp³-hybridized carbons (Fsp3) is 0.231. The Kier molecular flexibility index (Phi) is 3.44. The lowest BCUT2D eigenvalue weighted by molar-refractivity contribution is 0.295. The largest absolute Gasteiger partial charge is 0.487 e. The lowest BCUT2D eigenvalue weighted by atomic mass is 10.3. The summed E-state index contributed by atoms with van der Waals surface area (Å²) in [5.41, 5.74) is 7.63. The molecular weight excluding hydrogens is 219 g/mol. The number of halogens is 1. The van der Waals surface area contributed by atoms with Gasteiger partial charge in [-0.1, -0.05) is 6.07 Å². The van der Waals surface area contributed by atoms with Crippen LogP contribution in [0.15, 0.2) is 36.4 Å². The molecule has 1 aromatic heterocycles.